The monoisotopic (exact) mass is 389 g/mol. The Morgan fingerprint density at radius 2 is 1.93 bits per heavy atom. The van der Waals surface area contributed by atoms with Gasteiger partial charge in [0.15, 0.2) is 5.43 Å². The molecule has 0 bridgehead atoms. The van der Waals surface area contributed by atoms with E-state index in [9.17, 15) is 9.59 Å². The van der Waals surface area contributed by atoms with Crippen LogP contribution in [0.3, 0.4) is 0 Å². The van der Waals surface area contributed by atoms with E-state index in [1.165, 1.54) is 11.6 Å². The number of aromatic amines is 1. The largest absolute Gasteiger partial charge is 0.350 e. The fraction of sp³-hybridized carbons (Fsp3) is 0.333. The number of benzene rings is 2. The summed E-state index contributed by atoms with van der Waals surface area (Å²) in [5.74, 6) is -0.230. The van der Waals surface area contributed by atoms with Crippen LogP contribution in [0.4, 0.5) is 0 Å². The normalized spacial score (nSPS) is 18.8. The molecule has 0 aliphatic carbocycles. The van der Waals surface area contributed by atoms with Gasteiger partial charge in [-0.05, 0) is 44.9 Å². The van der Waals surface area contributed by atoms with E-state index in [-0.39, 0.29) is 22.9 Å². The second-order valence-corrected chi connectivity index (χ2v) is 8.65. The van der Waals surface area contributed by atoms with Gasteiger partial charge in [-0.3, -0.25) is 14.5 Å². The minimum atomic E-state index is -0.230. The second-order valence-electron chi connectivity index (χ2n) is 8.65. The first-order chi connectivity index (χ1) is 13.8. The number of pyridine rings is 1. The lowest BCUT2D eigenvalue weighted by atomic mass is 9.99. The summed E-state index contributed by atoms with van der Waals surface area (Å²) in [7, 11) is 0. The number of hydrogen-bond acceptors (Lipinski definition) is 3. The van der Waals surface area contributed by atoms with Gasteiger partial charge in [0.2, 0.25) is 0 Å². The summed E-state index contributed by atoms with van der Waals surface area (Å²) < 4.78 is 0. The average molecular weight is 389 g/mol. The number of amides is 1. The van der Waals surface area contributed by atoms with Crippen LogP contribution < -0.4 is 10.7 Å². The molecule has 5 heteroatoms. The predicted octanol–water partition coefficient (Wildman–Crippen LogP) is 3.62. The van der Waals surface area contributed by atoms with Crippen molar-refractivity contribution in [3.8, 4) is 0 Å². The van der Waals surface area contributed by atoms with Gasteiger partial charge in [0.1, 0.15) is 5.69 Å². The Labute approximate surface area is 170 Å². The molecule has 29 heavy (non-hydrogen) atoms. The van der Waals surface area contributed by atoms with E-state index in [1.807, 2.05) is 31.2 Å². The first kappa shape index (κ1) is 19.4. The van der Waals surface area contributed by atoms with Crippen molar-refractivity contribution in [2.24, 2.45) is 0 Å². The van der Waals surface area contributed by atoms with Crippen molar-refractivity contribution in [3.63, 3.8) is 0 Å². The smallest absolute Gasteiger partial charge is 0.268 e. The van der Waals surface area contributed by atoms with Crippen molar-refractivity contribution in [3.05, 3.63) is 81.6 Å². The number of fused-ring (bicyclic) bond motifs is 1. The van der Waals surface area contributed by atoms with Crippen LogP contribution in [0.2, 0.25) is 0 Å². The zero-order chi connectivity index (χ0) is 20.6. The molecule has 1 fully saturated rings. The number of aromatic nitrogens is 1. The van der Waals surface area contributed by atoms with Crippen LogP contribution in [0.15, 0.2) is 59.4 Å². The molecule has 1 aliphatic heterocycles. The zero-order valence-electron chi connectivity index (χ0n) is 17.2. The van der Waals surface area contributed by atoms with E-state index in [2.05, 4.69) is 53.3 Å². The number of carbonyl (C=O) groups is 1. The highest BCUT2D eigenvalue weighted by atomic mass is 16.2. The lowest BCUT2D eigenvalue weighted by Crippen LogP contribution is -2.38. The van der Waals surface area contributed by atoms with Gasteiger partial charge < -0.3 is 10.3 Å². The summed E-state index contributed by atoms with van der Waals surface area (Å²) >= 11 is 0. The summed E-state index contributed by atoms with van der Waals surface area (Å²) in [4.78, 5) is 30.8. The molecular formula is C24H27N3O2. The van der Waals surface area contributed by atoms with E-state index in [1.54, 1.807) is 0 Å². The molecule has 5 nitrogen and oxygen atoms in total. The highest BCUT2D eigenvalue weighted by molar-refractivity contribution is 5.95. The Morgan fingerprint density at radius 1 is 1.17 bits per heavy atom. The Balaban J connectivity index is 1.49. The Bertz CT molecular complexity index is 1100. The van der Waals surface area contributed by atoms with Gasteiger partial charge in [-0.2, -0.15) is 0 Å². The van der Waals surface area contributed by atoms with Crippen LogP contribution in [-0.4, -0.2) is 33.9 Å². The SMILES string of the molecule is Cc1ccc2[nH]c(C(=O)NC3CN(Cc4ccccc4)C(C)(C)C3)cc(=O)c2c1. The minimum Gasteiger partial charge on any atom is -0.350 e. The van der Waals surface area contributed by atoms with Crippen LogP contribution in [0.5, 0.6) is 0 Å². The number of H-pyrrole nitrogens is 1. The summed E-state index contributed by atoms with van der Waals surface area (Å²) in [6.45, 7) is 8.00. The third-order valence-electron chi connectivity index (χ3n) is 5.82. The van der Waals surface area contributed by atoms with Crippen molar-refractivity contribution in [1.82, 2.24) is 15.2 Å². The molecule has 2 aromatic carbocycles. The number of carbonyl (C=O) groups excluding carboxylic acids is 1. The van der Waals surface area contributed by atoms with Gasteiger partial charge in [-0.25, -0.2) is 0 Å². The van der Waals surface area contributed by atoms with Crippen molar-refractivity contribution in [2.45, 2.75) is 45.3 Å². The third kappa shape index (κ3) is 4.10. The molecule has 0 saturated carbocycles. The molecule has 1 atom stereocenters. The van der Waals surface area contributed by atoms with E-state index >= 15 is 0 Å². The number of aryl methyl sites for hydroxylation is 1. The minimum absolute atomic E-state index is 0.0118. The van der Waals surface area contributed by atoms with Gasteiger partial charge in [0.25, 0.3) is 5.91 Å². The summed E-state index contributed by atoms with van der Waals surface area (Å²) in [6.07, 6.45) is 0.864. The second kappa shape index (κ2) is 7.48. The zero-order valence-corrected chi connectivity index (χ0v) is 17.2. The number of nitrogens with one attached hydrogen (secondary N) is 2. The molecule has 1 unspecified atom stereocenters. The maximum Gasteiger partial charge on any atom is 0.268 e. The lowest BCUT2D eigenvalue weighted by Gasteiger charge is -2.31. The van der Waals surface area contributed by atoms with Crippen LogP contribution in [0, 0.1) is 6.92 Å². The summed E-state index contributed by atoms with van der Waals surface area (Å²) in [6, 6.07) is 17.4. The molecule has 3 aromatic rings. The van der Waals surface area contributed by atoms with Gasteiger partial charge in [0.05, 0.1) is 0 Å². The highest BCUT2D eigenvalue weighted by Gasteiger charge is 2.38. The van der Waals surface area contributed by atoms with Gasteiger partial charge >= 0.3 is 0 Å². The fourth-order valence-electron chi connectivity index (χ4n) is 4.24. The average Bonchev–Trinajstić information content (AvgIpc) is 2.95. The van der Waals surface area contributed by atoms with Gasteiger partial charge in [0, 0.05) is 41.6 Å². The highest BCUT2D eigenvalue weighted by Crippen LogP contribution is 2.30. The van der Waals surface area contributed by atoms with Crippen LogP contribution >= 0.6 is 0 Å². The Kier molecular flexibility index (Phi) is 5.01. The van der Waals surface area contributed by atoms with Crippen molar-refractivity contribution < 1.29 is 4.79 Å². The van der Waals surface area contributed by atoms with Crippen LogP contribution in [0.1, 0.15) is 41.9 Å². The molecule has 1 aromatic heterocycles. The van der Waals surface area contributed by atoms with E-state index < -0.39 is 0 Å². The topological polar surface area (TPSA) is 65.2 Å². The maximum atomic E-state index is 12.8. The van der Waals surface area contributed by atoms with E-state index in [0.29, 0.717) is 16.6 Å². The fourth-order valence-corrected chi connectivity index (χ4v) is 4.24. The Morgan fingerprint density at radius 3 is 2.69 bits per heavy atom. The quantitative estimate of drug-likeness (QED) is 0.716. The molecule has 1 saturated heterocycles. The van der Waals surface area contributed by atoms with Crippen molar-refractivity contribution in [2.75, 3.05) is 6.54 Å². The number of hydrogen-bond donors (Lipinski definition) is 2. The molecule has 2 N–H and O–H groups in total. The molecule has 4 rings (SSSR count). The first-order valence-electron chi connectivity index (χ1n) is 10.1. The van der Waals surface area contributed by atoms with Crippen LogP contribution in [-0.2, 0) is 6.54 Å². The molecule has 0 radical (unpaired) electrons. The van der Waals surface area contributed by atoms with Gasteiger partial charge in [-0.15, -0.1) is 0 Å². The maximum absolute atomic E-state index is 12.8. The molecule has 0 spiro atoms. The molecule has 1 aliphatic rings. The third-order valence-corrected chi connectivity index (χ3v) is 5.82. The summed E-state index contributed by atoms with van der Waals surface area (Å²) in [5, 5.41) is 3.73. The molecule has 2 heterocycles. The Hall–Kier alpha value is -2.92. The molecule has 1 amide bonds. The standard InChI is InChI=1S/C24H27N3O2/c1-16-9-10-20-19(11-16)22(28)12-21(26-20)23(29)25-18-13-24(2,3)27(15-18)14-17-7-5-4-6-8-17/h4-12,18H,13-15H2,1-3H3,(H,25,29)(H,26,28). The number of likely N-dealkylation sites (tertiary alicyclic amines) is 1. The van der Waals surface area contributed by atoms with Crippen molar-refractivity contribution in [1.29, 1.82) is 0 Å². The number of rotatable bonds is 4. The van der Waals surface area contributed by atoms with Crippen molar-refractivity contribution >= 4 is 16.8 Å². The molecule has 150 valence electrons. The molecular weight excluding hydrogens is 362 g/mol. The lowest BCUT2D eigenvalue weighted by molar-refractivity contribution is 0.0933. The van der Waals surface area contributed by atoms with E-state index in [0.717, 1.165) is 25.1 Å². The first-order valence-corrected chi connectivity index (χ1v) is 10.1. The predicted molar refractivity (Wildman–Crippen MR) is 116 cm³/mol. The summed E-state index contributed by atoms with van der Waals surface area (Å²) in [5.41, 5.74) is 3.14. The van der Waals surface area contributed by atoms with Gasteiger partial charge in [-0.1, -0.05) is 42.0 Å². The van der Waals surface area contributed by atoms with Crippen LogP contribution in [0.25, 0.3) is 10.9 Å². The van der Waals surface area contributed by atoms with E-state index in [4.69, 9.17) is 0 Å². The number of nitrogens with zero attached hydrogens (tertiary/aromatic N) is 1.